The second kappa shape index (κ2) is 6.87. The number of rotatable bonds is 5. The Labute approximate surface area is 130 Å². The van der Waals surface area contributed by atoms with Gasteiger partial charge in [-0.25, -0.2) is 0 Å². The zero-order chi connectivity index (χ0) is 15.4. The molecule has 1 aliphatic rings. The lowest BCUT2D eigenvalue weighted by Crippen LogP contribution is -2.43. The summed E-state index contributed by atoms with van der Waals surface area (Å²) in [6, 6.07) is 7.18. The van der Waals surface area contributed by atoms with Crippen LogP contribution in [0.2, 0.25) is 0 Å². The van der Waals surface area contributed by atoms with E-state index in [1.54, 1.807) is 36.2 Å². The van der Waals surface area contributed by atoms with Gasteiger partial charge in [0.15, 0.2) is 6.61 Å². The van der Waals surface area contributed by atoms with Gasteiger partial charge in [0.05, 0.1) is 12.1 Å². The van der Waals surface area contributed by atoms with Crippen molar-refractivity contribution in [2.45, 2.75) is 25.5 Å². The van der Waals surface area contributed by atoms with Crippen molar-refractivity contribution in [2.75, 3.05) is 20.3 Å². The van der Waals surface area contributed by atoms with Crippen LogP contribution >= 0.6 is 12.2 Å². The highest BCUT2D eigenvalue weighted by Gasteiger charge is 2.30. The minimum atomic E-state index is -0.0595. The summed E-state index contributed by atoms with van der Waals surface area (Å²) in [5.41, 5.74) is 6.30. The summed E-state index contributed by atoms with van der Waals surface area (Å²) in [4.78, 5) is 14.2. The summed E-state index contributed by atoms with van der Waals surface area (Å²) in [6.45, 7) is 2.69. The molecule has 1 amide bonds. The maximum absolute atomic E-state index is 12.1. The van der Waals surface area contributed by atoms with Crippen molar-refractivity contribution in [2.24, 2.45) is 5.73 Å². The molecule has 1 aromatic rings. The SMILES string of the molecule is CC1OCCC1N(C)C(=O)COc1ccc(C(N)=S)cc1. The van der Waals surface area contributed by atoms with Gasteiger partial charge in [-0.05, 0) is 37.6 Å². The van der Waals surface area contributed by atoms with Crippen LogP contribution in [0, 0.1) is 0 Å². The lowest BCUT2D eigenvalue weighted by molar-refractivity contribution is -0.135. The van der Waals surface area contributed by atoms with Crippen LogP contribution < -0.4 is 10.5 Å². The highest BCUT2D eigenvalue weighted by molar-refractivity contribution is 7.80. The summed E-state index contributed by atoms with van der Waals surface area (Å²) < 4.78 is 11.0. The van der Waals surface area contributed by atoms with Gasteiger partial charge in [0.1, 0.15) is 10.7 Å². The molecule has 2 unspecified atom stereocenters. The van der Waals surface area contributed by atoms with E-state index < -0.39 is 0 Å². The second-order valence-corrected chi connectivity index (χ2v) is 5.55. The van der Waals surface area contributed by atoms with Crippen molar-refractivity contribution >= 4 is 23.1 Å². The van der Waals surface area contributed by atoms with Gasteiger partial charge >= 0.3 is 0 Å². The zero-order valence-corrected chi connectivity index (χ0v) is 13.1. The summed E-state index contributed by atoms with van der Waals surface area (Å²) in [5.74, 6) is 0.559. The number of hydrogen-bond donors (Lipinski definition) is 1. The summed E-state index contributed by atoms with van der Waals surface area (Å²) in [5, 5.41) is 0. The fourth-order valence-corrected chi connectivity index (χ4v) is 2.51. The van der Waals surface area contributed by atoms with E-state index in [0.29, 0.717) is 17.3 Å². The van der Waals surface area contributed by atoms with E-state index in [9.17, 15) is 4.79 Å². The van der Waals surface area contributed by atoms with Gasteiger partial charge in [-0.3, -0.25) is 4.79 Å². The van der Waals surface area contributed by atoms with Crippen LogP contribution in [0.5, 0.6) is 5.75 Å². The minimum absolute atomic E-state index is 0.00609. The predicted molar refractivity (Wildman–Crippen MR) is 84.4 cm³/mol. The average molecular weight is 308 g/mol. The Kier molecular flexibility index (Phi) is 5.14. The van der Waals surface area contributed by atoms with Gasteiger partial charge in [-0.2, -0.15) is 0 Å². The number of hydrogen-bond acceptors (Lipinski definition) is 4. The molecule has 0 saturated carbocycles. The van der Waals surface area contributed by atoms with E-state index in [4.69, 9.17) is 27.4 Å². The van der Waals surface area contributed by atoms with Crippen molar-refractivity contribution < 1.29 is 14.3 Å². The number of nitrogens with two attached hydrogens (primary N) is 1. The monoisotopic (exact) mass is 308 g/mol. The van der Waals surface area contributed by atoms with Gasteiger partial charge in [0, 0.05) is 19.2 Å². The molecule has 21 heavy (non-hydrogen) atoms. The van der Waals surface area contributed by atoms with Crippen molar-refractivity contribution in [3.8, 4) is 5.75 Å². The largest absolute Gasteiger partial charge is 0.484 e. The first kappa shape index (κ1) is 15.7. The van der Waals surface area contributed by atoms with Crippen LogP contribution in [0.25, 0.3) is 0 Å². The Balaban J connectivity index is 1.87. The summed E-state index contributed by atoms with van der Waals surface area (Å²) >= 11 is 4.88. The Morgan fingerprint density at radius 1 is 1.48 bits per heavy atom. The van der Waals surface area contributed by atoms with Gasteiger partial charge in [0.2, 0.25) is 0 Å². The highest BCUT2D eigenvalue weighted by Crippen LogP contribution is 2.18. The van der Waals surface area contributed by atoms with Crippen LogP contribution in [0.15, 0.2) is 24.3 Å². The zero-order valence-electron chi connectivity index (χ0n) is 12.2. The molecule has 1 heterocycles. The molecular formula is C15H20N2O3S. The number of ether oxygens (including phenoxy) is 2. The average Bonchev–Trinajstić information content (AvgIpc) is 2.90. The van der Waals surface area contributed by atoms with Gasteiger partial charge in [0.25, 0.3) is 5.91 Å². The molecule has 2 N–H and O–H groups in total. The fraction of sp³-hybridized carbons (Fsp3) is 0.467. The smallest absolute Gasteiger partial charge is 0.260 e. The van der Waals surface area contributed by atoms with Crippen molar-refractivity contribution in [1.82, 2.24) is 4.90 Å². The predicted octanol–water partition coefficient (Wildman–Crippen LogP) is 1.34. The van der Waals surface area contributed by atoms with E-state index in [0.717, 1.165) is 12.0 Å². The topological polar surface area (TPSA) is 64.8 Å². The lowest BCUT2D eigenvalue weighted by Gasteiger charge is -2.26. The third-order valence-corrected chi connectivity index (χ3v) is 3.96. The van der Waals surface area contributed by atoms with Gasteiger partial charge in [-0.1, -0.05) is 12.2 Å². The normalized spacial score (nSPS) is 21.0. The molecular weight excluding hydrogens is 288 g/mol. The number of amides is 1. The third-order valence-electron chi connectivity index (χ3n) is 3.73. The molecule has 0 aromatic heterocycles. The first-order valence-electron chi connectivity index (χ1n) is 6.89. The molecule has 6 heteroatoms. The standard InChI is InChI=1S/C15H20N2O3S/c1-10-13(7-8-19-10)17(2)14(18)9-20-12-5-3-11(4-6-12)15(16)21/h3-6,10,13H,7-9H2,1-2H3,(H2,16,21). The first-order chi connectivity index (χ1) is 9.99. The molecule has 1 saturated heterocycles. The quantitative estimate of drug-likeness (QED) is 0.832. The molecule has 1 fully saturated rings. The molecule has 114 valence electrons. The van der Waals surface area contributed by atoms with Crippen LogP contribution in [0.1, 0.15) is 18.9 Å². The Morgan fingerprint density at radius 2 is 2.14 bits per heavy atom. The number of thiocarbonyl (C=S) groups is 1. The summed E-state index contributed by atoms with van der Waals surface area (Å²) in [7, 11) is 1.79. The molecule has 2 rings (SSSR count). The fourth-order valence-electron chi connectivity index (χ4n) is 2.38. The number of carbonyl (C=O) groups is 1. The van der Waals surface area contributed by atoms with E-state index >= 15 is 0 Å². The minimum Gasteiger partial charge on any atom is -0.484 e. The van der Waals surface area contributed by atoms with E-state index in [1.165, 1.54) is 0 Å². The molecule has 5 nitrogen and oxygen atoms in total. The molecule has 1 aliphatic heterocycles. The number of nitrogens with zero attached hydrogens (tertiary/aromatic N) is 1. The summed E-state index contributed by atoms with van der Waals surface area (Å²) in [6.07, 6.45) is 0.940. The number of likely N-dealkylation sites (N-methyl/N-ethyl adjacent to an activating group) is 1. The van der Waals surface area contributed by atoms with Crippen molar-refractivity contribution in [1.29, 1.82) is 0 Å². The molecule has 0 radical (unpaired) electrons. The Morgan fingerprint density at radius 3 is 2.67 bits per heavy atom. The van der Waals surface area contributed by atoms with Gasteiger partial charge < -0.3 is 20.1 Å². The molecule has 0 bridgehead atoms. The highest BCUT2D eigenvalue weighted by atomic mass is 32.1. The van der Waals surface area contributed by atoms with Crippen LogP contribution in [-0.4, -0.2) is 48.2 Å². The Bertz CT molecular complexity index is 518. The van der Waals surface area contributed by atoms with E-state index in [-0.39, 0.29) is 24.7 Å². The van der Waals surface area contributed by atoms with Crippen molar-refractivity contribution in [3.05, 3.63) is 29.8 Å². The number of carbonyl (C=O) groups excluding carboxylic acids is 1. The second-order valence-electron chi connectivity index (χ2n) is 5.11. The lowest BCUT2D eigenvalue weighted by atomic mass is 10.1. The molecule has 0 spiro atoms. The Hall–Kier alpha value is -1.66. The molecule has 0 aliphatic carbocycles. The maximum Gasteiger partial charge on any atom is 0.260 e. The van der Waals surface area contributed by atoms with E-state index in [2.05, 4.69) is 0 Å². The third kappa shape index (κ3) is 3.92. The van der Waals surface area contributed by atoms with Gasteiger partial charge in [-0.15, -0.1) is 0 Å². The van der Waals surface area contributed by atoms with Crippen LogP contribution in [0.4, 0.5) is 0 Å². The van der Waals surface area contributed by atoms with Crippen molar-refractivity contribution in [3.63, 3.8) is 0 Å². The van der Waals surface area contributed by atoms with Crippen LogP contribution in [-0.2, 0) is 9.53 Å². The number of benzene rings is 1. The maximum atomic E-state index is 12.1. The molecule has 2 atom stereocenters. The molecule has 1 aromatic carbocycles. The van der Waals surface area contributed by atoms with E-state index in [1.807, 2.05) is 6.92 Å². The van der Waals surface area contributed by atoms with Crippen LogP contribution in [0.3, 0.4) is 0 Å². The first-order valence-corrected chi connectivity index (χ1v) is 7.30.